The number of benzene rings is 1. The molecule has 2 aliphatic rings. The molecular formula is C22H30N2O4. The molecule has 0 bridgehead atoms. The molecule has 1 aliphatic heterocycles. The van der Waals surface area contributed by atoms with Crippen molar-refractivity contribution in [1.82, 2.24) is 10.2 Å². The summed E-state index contributed by atoms with van der Waals surface area (Å²) in [6, 6.07) is 9.28. The van der Waals surface area contributed by atoms with E-state index in [0.717, 1.165) is 25.7 Å². The minimum atomic E-state index is -0.746. The van der Waals surface area contributed by atoms with Crippen LogP contribution in [-0.4, -0.2) is 48.4 Å². The van der Waals surface area contributed by atoms with Gasteiger partial charge in [0.15, 0.2) is 0 Å². The average Bonchev–Trinajstić information content (AvgIpc) is 3.20. The van der Waals surface area contributed by atoms with Crippen LogP contribution >= 0.6 is 0 Å². The van der Waals surface area contributed by atoms with Crippen LogP contribution in [0.1, 0.15) is 50.5 Å². The normalized spacial score (nSPS) is 20.1. The first-order valence-corrected chi connectivity index (χ1v) is 10.4. The number of hydrogen-bond donors (Lipinski definition) is 1. The summed E-state index contributed by atoms with van der Waals surface area (Å²) in [5.74, 6) is -0.271. The highest BCUT2D eigenvalue weighted by atomic mass is 16.5. The number of nitrogens with zero attached hydrogens (tertiary/aromatic N) is 1. The average molecular weight is 386 g/mol. The summed E-state index contributed by atoms with van der Waals surface area (Å²) in [7, 11) is 0. The zero-order chi connectivity index (χ0) is 19.8. The van der Waals surface area contributed by atoms with E-state index in [4.69, 9.17) is 4.74 Å². The van der Waals surface area contributed by atoms with Gasteiger partial charge in [-0.15, -0.1) is 0 Å². The van der Waals surface area contributed by atoms with Gasteiger partial charge >= 0.3 is 5.97 Å². The van der Waals surface area contributed by atoms with Gasteiger partial charge < -0.3 is 15.0 Å². The van der Waals surface area contributed by atoms with Gasteiger partial charge in [0, 0.05) is 19.5 Å². The highest BCUT2D eigenvalue weighted by Crippen LogP contribution is 2.28. The number of piperazine rings is 1. The molecule has 1 aliphatic carbocycles. The first kappa shape index (κ1) is 20.4. The summed E-state index contributed by atoms with van der Waals surface area (Å²) >= 11 is 0. The van der Waals surface area contributed by atoms with E-state index in [1.165, 1.54) is 18.4 Å². The van der Waals surface area contributed by atoms with Crippen molar-refractivity contribution in [3.8, 4) is 0 Å². The lowest BCUT2D eigenvalue weighted by Crippen LogP contribution is -2.58. The smallest absolute Gasteiger partial charge is 0.308 e. The Labute approximate surface area is 166 Å². The maximum atomic E-state index is 12.7. The first-order chi connectivity index (χ1) is 13.6. The quantitative estimate of drug-likeness (QED) is 0.550. The molecule has 2 fully saturated rings. The van der Waals surface area contributed by atoms with Crippen molar-refractivity contribution in [2.75, 3.05) is 19.7 Å². The largest absolute Gasteiger partial charge is 0.466 e. The van der Waals surface area contributed by atoms with E-state index in [1.807, 2.05) is 30.3 Å². The van der Waals surface area contributed by atoms with Crippen LogP contribution in [0.3, 0.4) is 0 Å². The summed E-state index contributed by atoms with van der Waals surface area (Å²) in [5, 5.41) is 2.76. The molecule has 1 aromatic carbocycles. The molecule has 0 radical (unpaired) electrons. The van der Waals surface area contributed by atoms with Crippen LogP contribution in [0.15, 0.2) is 30.3 Å². The fourth-order valence-corrected chi connectivity index (χ4v) is 4.12. The molecule has 1 saturated heterocycles. The topological polar surface area (TPSA) is 75.7 Å². The molecule has 3 rings (SSSR count). The number of amides is 2. The van der Waals surface area contributed by atoms with E-state index in [0.29, 0.717) is 32.0 Å². The summed E-state index contributed by atoms with van der Waals surface area (Å²) in [6.07, 6.45) is 6.50. The minimum Gasteiger partial charge on any atom is -0.466 e. The van der Waals surface area contributed by atoms with Crippen molar-refractivity contribution in [2.45, 2.75) is 57.4 Å². The van der Waals surface area contributed by atoms with Crippen LogP contribution in [-0.2, 0) is 25.5 Å². The van der Waals surface area contributed by atoms with Crippen molar-refractivity contribution in [1.29, 1.82) is 0 Å². The Bertz CT molecular complexity index is 670. The molecule has 1 saturated carbocycles. The number of nitrogens with one attached hydrogen (secondary N) is 1. The number of carbonyl (C=O) groups excluding carboxylic acids is 3. The lowest BCUT2D eigenvalue weighted by atomic mass is 10.0. The van der Waals surface area contributed by atoms with E-state index in [-0.39, 0.29) is 18.2 Å². The van der Waals surface area contributed by atoms with Crippen LogP contribution in [0, 0.1) is 5.92 Å². The van der Waals surface area contributed by atoms with E-state index in [2.05, 4.69) is 5.32 Å². The van der Waals surface area contributed by atoms with Crippen LogP contribution in [0.25, 0.3) is 0 Å². The number of ether oxygens (including phenoxy) is 1. The number of esters is 1. The Morgan fingerprint density at radius 3 is 2.61 bits per heavy atom. The number of carbonyl (C=O) groups is 3. The van der Waals surface area contributed by atoms with Gasteiger partial charge in [0.1, 0.15) is 6.04 Å². The van der Waals surface area contributed by atoms with Crippen LogP contribution in [0.5, 0.6) is 0 Å². The molecule has 28 heavy (non-hydrogen) atoms. The molecule has 1 atom stereocenters. The third-order valence-corrected chi connectivity index (χ3v) is 5.66. The molecule has 6 heteroatoms. The van der Waals surface area contributed by atoms with Crippen molar-refractivity contribution in [3.05, 3.63) is 35.9 Å². The van der Waals surface area contributed by atoms with Crippen molar-refractivity contribution < 1.29 is 19.1 Å². The molecule has 1 unspecified atom stereocenters. The second kappa shape index (κ2) is 10.2. The molecule has 152 valence electrons. The first-order valence-electron chi connectivity index (χ1n) is 10.4. The molecule has 6 nitrogen and oxygen atoms in total. The van der Waals surface area contributed by atoms with Crippen LogP contribution in [0.2, 0.25) is 0 Å². The Balaban J connectivity index is 1.45. The van der Waals surface area contributed by atoms with Gasteiger partial charge in [-0.1, -0.05) is 43.2 Å². The molecule has 0 aromatic heterocycles. The number of hydrogen-bond acceptors (Lipinski definition) is 4. The minimum absolute atomic E-state index is 0.0105. The van der Waals surface area contributed by atoms with Gasteiger partial charge in [-0.3, -0.25) is 14.4 Å². The molecule has 1 aromatic rings. The van der Waals surface area contributed by atoms with Gasteiger partial charge in [0.05, 0.1) is 13.0 Å². The third kappa shape index (κ3) is 5.81. The zero-order valence-corrected chi connectivity index (χ0v) is 16.4. The van der Waals surface area contributed by atoms with Gasteiger partial charge in [0.2, 0.25) is 11.8 Å². The highest BCUT2D eigenvalue weighted by Gasteiger charge is 2.36. The number of rotatable bonds is 8. The number of aryl methyl sites for hydroxylation is 1. The lowest BCUT2D eigenvalue weighted by molar-refractivity contribution is -0.152. The summed E-state index contributed by atoms with van der Waals surface area (Å²) in [6.45, 7) is 1.22. The van der Waals surface area contributed by atoms with E-state index < -0.39 is 12.0 Å². The van der Waals surface area contributed by atoms with E-state index in [1.54, 1.807) is 4.90 Å². The molecule has 2 amide bonds. The maximum Gasteiger partial charge on any atom is 0.308 e. The third-order valence-electron chi connectivity index (χ3n) is 5.66. The fraction of sp³-hybridized carbons (Fsp3) is 0.591. The second-order valence-corrected chi connectivity index (χ2v) is 7.76. The van der Waals surface area contributed by atoms with Gasteiger partial charge in [-0.2, -0.15) is 0 Å². The monoisotopic (exact) mass is 386 g/mol. The molecule has 0 spiro atoms. The van der Waals surface area contributed by atoms with Crippen molar-refractivity contribution in [3.63, 3.8) is 0 Å². The Hall–Kier alpha value is -2.37. The maximum absolute atomic E-state index is 12.7. The van der Waals surface area contributed by atoms with Crippen LogP contribution in [0.4, 0.5) is 0 Å². The second-order valence-electron chi connectivity index (χ2n) is 7.76. The predicted molar refractivity (Wildman–Crippen MR) is 105 cm³/mol. The molecule has 1 N–H and O–H groups in total. The SMILES string of the molecule is O=C(CC1C(=O)NCCN1C(=O)CC1CCCC1)OCCCc1ccccc1. The lowest BCUT2D eigenvalue weighted by Gasteiger charge is -2.35. The summed E-state index contributed by atoms with van der Waals surface area (Å²) < 4.78 is 5.32. The van der Waals surface area contributed by atoms with Gasteiger partial charge in [0.25, 0.3) is 0 Å². The predicted octanol–water partition coefficient (Wildman–Crippen LogP) is 2.46. The van der Waals surface area contributed by atoms with Crippen molar-refractivity contribution in [2.24, 2.45) is 5.92 Å². The Morgan fingerprint density at radius 1 is 1.11 bits per heavy atom. The zero-order valence-electron chi connectivity index (χ0n) is 16.4. The summed E-state index contributed by atoms with van der Waals surface area (Å²) in [4.78, 5) is 38.8. The van der Waals surface area contributed by atoms with Crippen LogP contribution < -0.4 is 5.32 Å². The van der Waals surface area contributed by atoms with Gasteiger partial charge in [-0.05, 0) is 37.2 Å². The summed E-state index contributed by atoms with van der Waals surface area (Å²) in [5.41, 5.74) is 1.20. The van der Waals surface area contributed by atoms with E-state index in [9.17, 15) is 14.4 Å². The molecular weight excluding hydrogens is 356 g/mol. The highest BCUT2D eigenvalue weighted by molar-refractivity contribution is 5.92. The van der Waals surface area contributed by atoms with E-state index >= 15 is 0 Å². The Kier molecular flexibility index (Phi) is 7.46. The standard InChI is InChI=1S/C22H30N2O4/c25-20(15-18-9-4-5-10-18)24-13-12-23-22(27)19(24)16-21(26)28-14-6-11-17-7-2-1-3-8-17/h1-3,7-8,18-19H,4-6,9-16H2,(H,23,27). The van der Waals surface area contributed by atoms with Crippen molar-refractivity contribution >= 4 is 17.8 Å². The Morgan fingerprint density at radius 2 is 1.86 bits per heavy atom. The molecule has 1 heterocycles. The van der Waals surface area contributed by atoms with Gasteiger partial charge in [-0.25, -0.2) is 0 Å². The fourth-order valence-electron chi connectivity index (χ4n) is 4.12.